The molecule has 0 heterocycles. The minimum atomic E-state index is -4.14. The average Bonchev–Trinajstić information content (AvgIpc) is 2.59. The van der Waals surface area contributed by atoms with Crippen LogP contribution in [0.2, 0.25) is 0 Å². The average molecular weight is 422 g/mol. The Bertz CT molecular complexity index is 739. The van der Waals surface area contributed by atoms with Crippen LogP contribution in [0.4, 0.5) is 5.69 Å². The van der Waals surface area contributed by atoms with Crippen LogP contribution in [0.1, 0.15) is 33.1 Å². The molecule has 1 atom stereocenters. The number of benzene rings is 1. The Balaban J connectivity index is 3.20. The summed E-state index contributed by atoms with van der Waals surface area (Å²) in [7, 11) is -4.14. The van der Waals surface area contributed by atoms with Crippen molar-refractivity contribution in [3.8, 4) is 0 Å². The second kappa shape index (κ2) is 10.5. The molecule has 9 nitrogen and oxygen atoms in total. The van der Waals surface area contributed by atoms with Gasteiger partial charge < -0.3 is 5.11 Å². The molecule has 1 aromatic rings. The van der Waals surface area contributed by atoms with E-state index in [0.717, 1.165) is 28.6 Å². The number of carbonyl (C=O) groups is 1. The number of carboxylic acid groups (broad SMARTS) is 1. The molecule has 27 heavy (non-hydrogen) atoms. The van der Waals surface area contributed by atoms with Crippen LogP contribution in [0.3, 0.4) is 0 Å². The van der Waals surface area contributed by atoms with Gasteiger partial charge in [-0.2, -0.15) is 4.31 Å². The third kappa shape index (κ3) is 6.73. The Labute approximate surface area is 163 Å². The van der Waals surface area contributed by atoms with Crippen molar-refractivity contribution in [2.75, 3.05) is 13.1 Å². The van der Waals surface area contributed by atoms with E-state index in [1.807, 2.05) is 0 Å². The van der Waals surface area contributed by atoms with Gasteiger partial charge >= 0.3 is 5.97 Å². The normalized spacial score (nSPS) is 13.1. The first kappa shape index (κ1) is 23.3. The van der Waals surface area contributed by atoms with Gasteiger partial charge in [0, 0.05) is 25.2 Å². The SMILES string of the molecule is CC(C)CN([C@H](CCCCNCl)C(=O)O)S(=O)(=O)c1ccc([N+](=O)[O-])cc1. The molecule has 0 fully saturated rings. The van der Waals surface area contributed by atoms with Crippen LogP contribution in [0, 0.1) is 16.0 Å². The van der Waals surface area contributed by atoms with Crippen molar-refractivity contribution in [3.63, 3.8) is 0 Å². The summed E-state index contributed by atoms with van der Waals surface area (Å²) in [5.41, 5.74) is -0.243. The van der Waals surface area contributed by atoms with Crippen LogP contribution in [0.15, 0.2) is 29.2 Å². The Morgan fingerprint density at radius 1 is 1.30 bits per heavy atom. The molecule has 0 bridgehead atoms. The number of nitro groups is 1. The molecule has 1 aromatic carbocycles. The lowest BCUT2D eigenvalue weighted by atomic mass is 10.1. The highest BCUT2D eigenvalue weighted by Crippen LogP contribution is 2.24. The van der Waals surface area contributed by atoms with Gasteiger partial charge in [0.1, 0.15) is 6.04 Å². The smallest absolute Gasteiger partial charge is 0.322 e. The fourth-order valence-electron chi connectivity index (χ4n) is 2.55. The molecule has 1 rings (SSSR count). The Kier molecular flexibility index (Phi) is 9.10. The first-order valence-corrected chi connectivity index (χ1v) is 10.3. The van der Waals surface area contributed by atoms with Crippen LogP contribution in [-0.4, -0.2) is 47.9 Å². The number of halogens is 1. The van der Waals surface area contributed by atoms with Crippen LogP contribution < -0.4 is 4.84 Å². The molecular formula is C16H24ClN3O6S. The van der Waals surface area contributed by atoms with E-state index < -0.39 is 27.0 Å². The van der Waals surface area contributed by atoms with Crippen molar-refractivity contribution >= 4 is 33.5 Å². The molecule has 0 amide bonds. The number of rotatable bonds is 12. The van der Waals surface area contributed by atoms with E-state index >= 15 is 0 Å². The van der Waals surface area contributed by atoms with Crippen LogP contribution in [-0.2, 0) is 14.8 Å². The van der Waals surface area contributed by atoms with E-state index in [1.165, 1.54) is 0 Å². The van der Waals surface area contributed by atoms with Gasteiger partial charge in [-0.25, -0.2) is 13.3 Å². The summed E-state index contributed by atoms with van der Waals surface area (Å²) in [6, 6.07) is 3.18. The zero-order valence-corrected chi connectivity index (χ0v) is 16.7. The first-order chi connectivity index (χ1) is 12.6. The number of non-ortho nitro benzene ring substituents is 1. The highest BCUT2D eigenvalue weighted by Gasteiger charge is 2.36. The van der Waals surface area contributed by atoms with Gasteiger partial charge in [0.05, 0.1) is 9.82 Å². The number of hydrogen-bond donors (Lipinski definition) is 2. The Morgan fingerprint density at radius 3 is 2.33 bits per heavy atom. The van der Waals surface area contributed by atoms with E-state index in [0.29, 0.717) is 19.4 Å². The van der Waals surface area contributed by atoms with Gasteiger partial charge in [-0.1, -0.05) is 13.8 Å². The fourth-order valence-corrected chi connectivity index (χ4v) is 4.46. The van der Waals surface area contributed by atoms with Crippen molar-refractivity contribution in [3.05, 3.63) is 34.4 Å². The molecule has 0 aliphatic carbocycles. The van der Waals surface area contributed by atoms with Gasteiger partial charge in [-0.3, -0.25) is 14.9 Å². The fraction of sp³-hybridized carbons (Fsp3) is 0.562. The van der Waals surface area contributed by atoms with Gasteiger partial charge in [0.25, 0.3) is 5.69 Å². The number of nitrogens with zero attached hydrogens (tertiary/aromatic N) is 2. The number of unbranched alkanes of at least 4 members (excludes halogenated alkanes) is 1. The summed E-state index contributed by atoms with van der Waals surface area (Å²) in [5, 5.41) is 20.4. The second-order valence-electron chi connectivity index (χ2n) is 6.45. The minimum Gasteiger partial charge on any atom is -0.480 e. The topological polar surface area (TPSA) is 130 Å². The molecule has 0 unspecified atom stereocenters. The molecule has 0 saturated heterocycles. The molecule has 0 radical (unpaired) electrons. The summed E-state index contributed by atoms with van der Waals surface area (Å²) < 4.78 is 27.1. The monoisotopic (exact) mass is 421 g/mol. The molecule has 0 aliphatic rings. The highest BCUT2D eigenvalue weighted by molar-refractivity contribution is 7.89. The summed E-state index contributed by atoms with van der Waals surface area (Å²) in [6.45, 7) is 4.07. The van der Waals surface area contributed by atoms with Gasteiger partial charge in [-0.05, 0) is 49.1 Å². The standard InChI is InChI=1S/C16H24ClN3O6S/c1-12(2)11-19(15(16(21)22)5-3-4-10-18-17)27(25,26)14-8-6-13(7-9-14)20(23)24/h6-9,12,15,18H,3-5,10-11H2,1-2H3,(H,21,22)/t15-/m1/s1. The van der Waals surface area contributed by atoms with Crippen molar-refractivity contribution < 1.29 is 23.2 Å². The number of nitrogens with one attached hydrogen (secondary N) is 1. The largest absolute Gasteiger partial charge is 0.480 e. The lowest BCUT2D eigenvalue weighted by Gasteiger charge is -2.29. The number of aliphatic carboxylic acids is 1. The third-order valence-electron chi connectivity index (χ3n) is 3.83. The van der Waals surface area contributed by atoms with Crippen LogP contribution in [0.5, 0.6) is 0 Å². The van der Waals surface area contributed by atoms with Crippen molar-refractivity contribution in [1.29, 1.82) is 0 Å². The maximum atomic E-state index is 13.0. The van der Waals surface area contributed by atoms with Crippen molar-refractivity contribution in [2.45, 2.75) is 44.0 Å². The maximum Gasteiger partial charge on any atom is 0.322 e. The van der Waals surface area contributed by atoms with E-state index in [1.54, 1.807) is 13.8 Å². The minimum absolute atomic E-state index is 0.0179. The summed E-state index contributed by atoms with van der Waals surface area (Å²) >= 11 is 5.38. The van der Waals surface area contributed by atoms with E-state index in [4.69, 9.17) is 11.8 Å². The molecule has 0 aromatic heterocycles. The van der Waals surface area contributed by atoms with Gasteiger partial charge in [0.2, 0.25) is 10.0 Å². The summed E-state index contributed by atoms with van der Waals surface area (Å²) in [6.07, 6.45) is 1.20. The third-order valence-corrected chi connectivity index (χ3v) is 5.91. The molecule has 152 valence electrons. The predicted octanol–water partition coefficient (Wildman–Crippen LogP) is 2.61. The Hall–Kier alpha value is -1.75. The maximum absolute atomic E-state index is 13.0. The molecule has 0 spiro atoms. The predicted molar refractivity (Wildman–Crippen MR) is 101 cm³/mol. The lowest BCUT2D eigenvalue weighted by molar-refractivity contribution is -0.384. The number of sulfonamides is 1. The quantitative estimate of drug-likeness (QED) is 0.229. The molecule has 11 heteroatoms. The second-order valence-corrected chi connectivity index (χ2v) is 8.61. The lowest BCUT2D eigenvalue weighted by Crippen LogP contribution is -2.46. The summed E-state index contributed by atoms with van der Waals surface area (Å²) in [4.78, 5) is 24.2. The van der Waals surface area contributed by atoms with E-state index in [9.17, 15) is 28.4 Å². The number of carboxylic acids is 1. The van der Waals surface area contributed by atoms with E-state index in [-0.39, 0.29) is 29.5 Å². The molecule has 2 N–H and O–H groups in total. The molecule has 0 saturated carbocycles. The number of nitro benzene ring substituents is 1. The van der Waals surface area contributed by atoms with Crippen LogP contribution >= 0.6 is 11.8 Å². The molecular weight excluding hydrogens is 398 g/mol. The molecule has 0 aliphatic heterocycles. The zero-order chi connectivity index (χ0) is 20.6. The van der Waals surface area contributed by atoms with Gasteiger partial charge in [-0.15, -0.1) is 0 Å². The Morgan fingerprint density at radius 2 is 1.89 bits per heavy atom. The first-order valence-electron chi connectivity index (χ1n) is 8.43. The van der Waals surface area contributed by atoms with E-state index in [2.05, 4.69) is 4.84 Å². The van der Waals surface area contributed by atoms with Gasteiger partial charge in [0.15, 0.2) is 0 Å². The highest BCUT2D eigenvalue weighted by atomic mass is 35.5. The zero-order valence-electron chi connectivity index (χ0n) is 15.2. The summed E-state index contributed by atoms with van der Waals surface area (Å²) in [5.74, 6) is -1.34. The van der Waals surface area contributed by atoms with Crippen molar-refractivity contribution in [1.82, 2.24) is 9.14 Å². The van der Waals surface area contributed by atoms with Crippen LogP contribution in [0.25, 0.3) is 0 Å². The number of hydrogen-bond acceptors (Lipinski definition) is 6. The van der Waals surface area contributed by atoms with Crippen molar-refractivity contribution in [2.24, 2.45) is 5.92 Å².